The monoisotopic (exact) mass is 630 g/mol. The molecule has 1 aliphatic heterocycles. The zero-order valence-corrected chi connectivity index (χ0v) is 29.2. The molecule has 4 rings (SSSR count). The smallest absolute Gasteiger partial charge is 0.350 e. The van der Waals surface area contributed by atoms with Crippen molar-refractivity contribution in [1.29, 1.82) is 0 Å². The zero-order valence-electron chi connectivity index (χ0n) is 27.4. The van der Waals surface area contributed by atoms with E-state index in [0.29, 0.717) is 23.1 Å². The Balaban J connectivity index is 1.46. The lowest BCUT2D eigenvalue weighted by molar-refractivity contribution is -0.170. The molecule has 0 N–H and O–H groups in total. The number of cyclic esters (lactones) is 1. The molecule has 1 fully saturated rings. The summed E-state index contributed by atoms with van der Waals surface area (Å²) in [6.07, 6.45) is 9.71. The molecular formula is C35H51ClO6Si. The standard InChI is InChI=1S/C35H51ClO6Si/c1-22-18-24-11-10-23(2)29(17-16-27-20-28(21-31(37)39-27)42-43(8,9)34(3,4)5)32(24)30(19-22)40-33(38)35(6,7)41-26-14-12-25(36)13-15-26/h10-15,18,22-23,27-30,32H,16-17,19-21H2,1-9H3/t22-,23-,27-,28-,29-,30-,32-/m1/s1. The van der Waals surface area contributed by atoms with Crippen LogP contribution in [0.4, 0.5) is 0 Å². The lowest BCUT2D eigenvalue weighted by atomic mass is 9.65. The van der Waals surface area contributed by atoms with Crippen molar-refractivity contribution in [2.75, 3.05) is 0 Å². The number of fused-ring (bicyclic) bond motifs is 1. The van der Waals surface area contributed by atoms with Crippen LogP contribution in [0.1, 0.15) is 80.6 Å². The van der Waals surface area contributed by atoms with Crippen molar-refractivity contribution in [2.45, 2.75) is 123 Å². The minimum atomic E-state index is -2.00. The topological polar surface area (TPSA) is 71.1 Å². The predicted octanol–water partition coefficient (Wildman–Crippen LogP) is 8.69. The highest BCUT2D eigenvalue weighted by Crippen LogP contribution is 2.46. The molecule has 238 valence electrons. The Morgan fingerprint density at radius 2 is 1.72 bits per heavy atom. The Morgan fingerprint density at radius 1 is 1.05 bits per heavy atom. The summed E-state index contributed by atoms with van der Waals surface area (Å²) in [4.78, 5) is 26.2. The summed E-state index contributed by atoms with van der Waals surface area (Å²) in [6, 6.07) is 6.99. The summed E-state index contributed by atoms with van der Waals surface area (Å²) < 4.78 is 24.9. The van der Waals surface area contributed by atoms with E-state index in [2.05, 4.69) is 65.9 Å². The van der Waals surface area contributed by atoms with E-state index in [4.69, 9.17) is 30.2 Å². The summed E-state index contributed by atoms with van der Waals surface area (Å²) in [5.41, 5.74) is 0.0651. The molecule has 0 bridgehead atoms. The Morgan fingerprint density at radius 3 is 2.37 bits per heavy atom. The molecule has 0 radical (unpaired) electrons. The molecule has 1 aromatic carbocycles. The number of rotatable bonds is 9. The second kappa shape index (κ2) is 13.1. The molecule has 43 heavy (non-hydrogen) atoms. The van der Waals surface area contributed by atoms with Gasteiger partial charge in [0.05, 0.1) is 12.5 Å². The molecular weight excluding hydrogens is 580 g/mol. The van der Waals surface area contributed by atoms with E-state index < -0.39 is 13.9 Å². The number of esters is 2. The van der Waals surface area contributed by atoms with Crippen molar-refractivity contribution < 1.29 is 28.2 Å². The first-order chi connectivity index (χ1) is 19.9. The van der Waals surface area contributed by atoms with Crippen molar-refractivity contribution >= 4 is 31.9 Å². The van der Waals surface area contributed by atoms with Crippen LogP contribution in [-0.2, 0) is 23.5 Å². The largest absolute Gasteiger partial charge is 0.476 e. The normalized spacial score (nSPS) is 29.8. The van der Waals surface area contributed by atoms with E-state index in [1.807, 2.05) is 0 Å². The second-order valence-corrected chi connectivity index (χ2v) is 20.1. The van der Waals surface area contributed by atoms with Crippen LogP contribution in [0, 0.1) is 23.7 Å². The average molecular weight is 631 g/mol. The lowest BCUT2D eigenvalue weighted by Crippen LogP contribution is -2.47. The van der Waals surface area contributed by atoms with Gasteiger partial charge in [-0.2, -0.15) is 0 Å². The highest BCUT2D eigenvalue weighted by Gasteiger charge is 2.45. The first-order valence-electron chi connectivity index (χ1n) is 15.9. The van der Waals surface area contributed by atoms with E-state index in [-0.39, 0.29) is 53.0 Å². The number of carbonyl (C=O) groups is 2. The lowest BCUT2D eigenvalue weighted by Gasteiger charge is -2.44. The maximum Gasteiger partial charge on any atom is 0.350 e. The van der Waals surface area contributed by atoms with Gasteiger partial charge in [0.25, 0.3) is 0 Å². The third-order valence-electron chi connectivity index (χ3n) is 9.84. The van der Waals surface area contributed by atoms with Crippen LogP contribution < -0.4 is 4.74 Å². The van der Waals surface area contributed by atoms with Gasteiger partial charge < -0.3 is 18.6 Å². The Bertz CT molecular complexity index is 1210. The average Bonchev–Trinajstić information content (AvgIpc) is 2.88. The summed E-state index contributed by atoms with van der Waals surface area (Å²) in [7, 11) is -2.00. The van der Waals surface area contributed by atoms with Crippen LogP contribution in [0.2, 0.25) is 23.2 Å². The van der Waals surface area contributed by atoms with Gasteiger partial charge in [-0.1, -0.05) is 64.4 Å². The summed E-state index contributed by atoms with van der Waals surface area (Å²) in [5, 5.41) is 0.686. The third kappa shape index (κ3) is 8.34. The number of allylic oxidation sites excluding steroid dienone is 3. The summed E-state index contributed by atoms with van der Waals surface area (Å²) in [6.45, 7) is 19.0. The fourth-order valence-electron chi connectivity index (χ4n) is 6.42. The molecule has 1 aromatic rings. The van der Waals surface area contributed by atoms with Gasteiger partial charge in [-0.05, 0) is 98.8 Å². The van der Waals surface area contributed by atoms with Gasteiger partial charge in [0.1, 0.15) is 18.0 Å². The zero-order chi connectivity index (χ0) is 31.7. The van der Waals surface area contributed by atoms with E-state index in [1.165, 1.54) is 5.57 Å². The highest BCUT2D eigenvalue weighted by molar-refractivity contribution is 6.74. The highest BCUT2D eigenvalue weighted by atomic mass is 35.5. The van der Waals surface area contributed by atoms with Crippen LogP contribution in [0.15, 0.2) is 48.1 Å². The predicted molar refractivity (Wildman–Crippen MR) is 174 cm³/mol. The first-order valence-corrected chi connectivity index (χ1v) is 19.2. The maximum absolute atomic E-state index is 13.6. The van der Waals surface area contributed by atoms with E-state index in [9.17, 15) is 9.59 Å². The van der Waals surface area contributed by atoms with Crippen LogP contribution in [0.3, 0.4) is 0 Å². The van der Waals surface area contributed by atoms with Crippen LogP contribution in [0.25, 0.3) is 0 Å². The van der Waals surface area contributed by atoms with Gasteiger partial charge in [0.15, 0.2) is 13.9 Å². The van der Waals surface area contributed by atoms with Gasteiger partial charge in [0.2, 0.25) is 0 Å². The van der Waals surface area contributed by atoms with Crippen molar-refractivity contribution in [3.63, 3.8) is 0 Å². The number of carbonyl (C=O) groups excluding carboxylic acids is 2. The molecule has 3 aliphatic rings. The van der Waals surface area contributed by atoms with E-state index in [1.54, 1.807) is 38.1 Å². The number of hydrogen-bond acceptors (Lipinski definition) is 6. The third-order valence-corrected chi connectivity index (χ3v) is 14.6. The van der Waals surface area contributed by atoms with Crippen molar-refractivity contribution in [3.05, 3.63) is 53.1 Å². The van der Waals surface area contributed by atoms with E-state index >= 15 is 0 Å². The Hall–Kier alpha value is -2.09. The molecule has 8 heteroatoms. The number of benzene rings is 1. The van der Waals surface area contributed by atoms with Crippen LogP contribution in [-0.4, -0.2) is 44.2 Å². The molecule has 0 unspecified atom stereocenters. The second-order valence-electron chi connectivity index (χ2n) is 14.9. The molecule has 0 saturated carbocycles. The number of ether oxygens (including phenoxy) is 3. The fraction of sp³-hybridized carbons (Fsp3) is 0.657. The molecule has 7 atom stereocenters. The maximum atomic E-state index is 13.6. The Kier molecular flexibility index (Phi) is 10.3. The summed E-state index contributed by atoms with van der Waals surface area (Å²) >= 11 is 6.02. The van der Waals surface area contributed by atoms with Crippen molar-refractivity contribution in [1.82, 2.24) is 0 Å². The molecule has 0 spiro atoms. The minimum Gasteiger partial charge on any atom is -0.476 e. The molecule has 6 nitrogen and oxygen atoms in total. The first kappa shape index (κ1) is 33.8. The van der Waals surface area contributed by atoms with Crippen LogP contribution >= 0.6 is 11.6 Å². The van der Waals surface area contributed by atoms with Gasteiger partial charge >= 0.3 is 11.9 Å². The number of halogens is 1. The molecule has 1 heterocycles. The molecule has 1 saturated heterocycles. The van der Waals surface area contributed by atoms with Gasteiger partial charge in [0, 0.05) is 17.4 Å². The van der Waals surface area contributed by atoms with Crippen molar-refractivity contribution in [2.24, 2.45) is 23.7 Å². The fourth-order valence-corrected chi connectivity index (χ4v) is 7.92. The Labute approximate surface area is 264 Å². The molecule has 2 aliphatic carbocycles. The summed E-state index contributed by atoms with van der Waals surface area (Å²) in [5.74, 6) is 0.928. The van der Waals surface area contributed by atoms with Gasteiger partial charge in [-0.3, -0.25) is 4.79 Å². The van der Waals surface area contributed by atoms with Gasteiger partial charge in [-0.25, -0.2) is 4.79 Å². The molecule has 0 amide bonds. The van der Waals surface area contributed by atoms with E-state index in [0.717, 1.165) is 25.7 Å². The van der Waals surface area contributed by atoms with Crippen molar-refractivity contribution in [3.8, 4) is 5.75 Å². The van der Waals surface area contributed by atoms with Crippen LogP contribution in [0.5, 0.6) is 5.75 Å². The quantitative estimate of drug-likeness (QED) is 0.201. The SMILES string of the molecule is C[C@@H]1C=C2C=C[C@@H](C)[C@@H](CC[C@@H]3C[C@@H](O[Si](C)(C)C(C)(C)C)CC(=O)O3)[C@@H]2[C@H](OC(=O)C(C)(C)Oc2ccc(Cl)cc2)C1. The minimum absolute atomic E-state index is 0.0741. The number of hydrogen-bond donors (Lipinski definition) is 0. The molecule has 0 aromatic heterocycles. The van der Waals surface area contributed by atoms with Gasteiger partial charge in [-0.15, -0.1) is 0 Å².